The number of carbonyl (C=O) groups excluding carboxylic acids is 1. The zero-order valence-electron chi connectivity index (χ0n) is 13.4. The molecule has 25 heavy (non-hydrogen) atoms. The molecule has 7 heteroatoms. The van der Waals surface area contributed by atoms with Gasteiger partial charge in [0.25, 0.3) is 11.5 Å². The van der Waals surface area contributed by atoms with Crippen molar-refractivity contribution in [3.05, 3.63) is 87.9 Å². The van der Waals surface area contributed by atoms with Gasteiger partial charge in [0.2, 0.25) is 0 Å². The second-order valence-corrected chi connectivity index (χ2v) is 5.40. The second-order valence-electron chi connectivity index (χ2n) is 5.40. The summed E-state index contributed by atoms with van der Waals surface area (Å²) in [7, 11) is 0. The molecular weight excluding hydrogens is 323 g/mol. The summed E-state index contributed by atoms with van der Waals surface area (Å²) in [5.74, 6) is -0.851. The summed E-state index contributed by atoms with van der Waals surface area (Å²) in [4.78, 5) is 28.5. The lowest BCUT2D eigenvalue weighted by atomic mass is 10.3. The summed E-state index contributed by atoms with van der Waals surface area (Å²) in [6.07, 6.45) is 0. The maximum atomic E-state index is 13.0. The van der Waals surface area contributed by atoms with Gasteiger partial charge in [-0.1, -0.05) is 6.07 Å². The SMILES string of the molecule is Cc1cccc(CNC(=O)c2ccc(=O)n(-c3ccc(F)cc3)n2)n1. The Morgan fingerprint density at radius 2 is 1.88 bits per heavy atom. The molecule has 0 aliphatic rings. The van der Waals surface area contributed by atoms with E-state index in [2.05, 4.69) is 15.4 Å². The lowest BCUT2D eigenvalue weighted by molar-refractivity contribution is 0.0943. The number of aromatic nitrogens is 3. The Balaban J connectivity index is 1.80. The van der Waals surface area contributed by atoms with Crippen LogP contribution in [0.3, 0.4) is 0 Å². The molecule has 2 aromatic heterocycles. The number of carbonyl (C=O) groups is 1. The fourth-order valence-electron chi connectivity index (χ4n) is 2.26. The topological polar surface area (TPSA) is 76.9 Å². The average molecular weight is 338 g/mol. The van der Waals surface area contributed by atoms with Gasteiger partial charge in [0.15, 0.2) is 0 Å². The number of pyridine rings is 1. The number of hydrogen-bond acceptors (Lipinski definition) is 4. The maximum absolute atomic E-state index is 13.0. The van der Waals surface area contributed by atoms with E-state index < -0.39 is 17.3 Å². The second kappa shape index (κ2) is 7.04. The van der Waals surface area contributed by atoms with E-state index in [1.807, 2.05) is 19.1 Å². The summed E-state index contributed by atoms with van der Waals surface area (Å²) in [6, 6.07) is 13.4. The fraction of sp³-hybridized carbons (Fsp3) is 0.111. The van der Waals surface area contributed by atoms with E-state index in [0.717, 1.165) is 16.1 Å². The highest BCUT2D eigenvalue weighted by Gasteiger charge is 2.11. The van der Waals surface area contributed by atoms with Crippen molar-refractivity contribution in [1.82, 2.24) is 20.1 Å². The third kappa shape index (κ3) is 3.95. The number of benzene rings is 1. The van der Waals surface area contributed by atoms with E-state index in [9.17, 15) is 14.0 Å². The Morgan fingerprint density at radius 3 is 2.60 bits per heavy atom. The van der Waals surface area contributed by atoms with Gasteiger partial charge in [-0.15, -0.1) is 0 Å². The van der Waals surface area contributed by atoms with Crippen LogP contribution in [0.2, 0.25) is 0 Å². The predicted octanol–water partition coefficient (Wildman–Crippen LogP) is 2.01. The molecule has 0 unspecified atom stereocenters. The molecule has 0 radical (unpaired) electrons. The molecule has 2 heterocycles. The quantitative estimate of drug-likeness (QED) is 0.789. The Kier molecular flexibility index (Phi) is 4.65. The van der Waals surface area contributed by atoms with Crippen LogP contribution in [-0.2, 0) is 6.54 Å². The molecular formula is C18H15FN4O2. The zero-order valence-corrected chi connectivity index (χ0v) is 13.4. The highest BCUT2D eigenvalue weighted by atomic mass is 19.1. The van der Waals surface area contributed by atoms with E-state index in [-0.39, 0.29) is 12.2 Å². The normalized spacial score (nSPS) is 10.5. The third-order valence-corrected chi connectivity index (χ3v) is 3.48. The van der Waals surface area contributed by atoms with Crippen LogP contribution in [0.5, 0.6) is 0 Å². The molecule has 0 spiro atoms. The minimum Gasteiger partial charge on any atom is -0.345 e. The van der Waals surface area contributed by atoms with E-state index >= 15 is 0 Å². The van der Waals surface area contributed by atoms with Crippen LogP contribution in [-0.4, -0.2) is 20.7 Å². The highest BCUT2D eigenvalue weighted by Crippen LogP contribution is 2.06. The molecule has 0 saturated carbocycles. The van der Waals surface area contributed by atoms with Gasteiger partial charge in [0, 0.05) is 11.8 Å². The van der Waals surface area contributed by atoms with Crippen molar-refractivity contribution in [1.29, 1.82) is 0 Å². The summed E-state index contributed by atoms with van der Waals surface area (Å²) in [5, 5.41) is 6.76. The predicted molar refractivity (Wildman–Crippen MR) is 89.9 cm³/mol. The molecule has 0 aliphatic carbocycles. The van der Waals surface area contributed by atoms with Gasteiger partial charge in [-0.3, -0.25) is 14.6 Å². The van der Waals surface area contributed by atoms with Gasteiger partial charge >= 0.3 is 0 Å². The number of hydrogen-bond donors (Lipinski definition) is 1. The van der Waals surface area contributed by atoms with Crippen LogP contribution >= 0.6 is 0 Å². The van der Waals surface area contributed by atoms with Crippen molar-refractivity contribution in [3.63, 3.8) is 0 Å². The van der Waals surface area contributed by atoms with Crippen LogP contribution in [0.15, 0.2) is 59.4 Å². The first-order valence-electron chi connectivity index (χ1n) is 7.60. The number of halogens is 1. The zero-order chi connectivity index (χ0) is 17.8. The standard InChI is InChI=1S/C18H15FN4O2/c1-12-3-2-4-14(21-12)11-20-18(25)16-9-10-17(24)23(22-16)15-7-5-13(19)6-8-15/h2-10H,11H2,1H3,(H,20,25). The minimum absolute atomic E-state index is 0.0802. The molecule has 1 aromatic carbocycles. The third-order valence-electron chi connectivity index (χ3n) is 3.48. The van der Waals surface area contributed by atoms with Crippen LogP contribution in [0.1, 0.15) is 21.9 Å². The Labute approximate surface area is 143 Å². The van der Waals surface area contributed by atoms with Crippen molar-refractivity contribution in [3.8, 4) is 5.69 Å². The van der Waals surface area contributed by atoms with Gasteiger partial charge < -0.3 is 5.32 Å². The largest absolute Gasteiger partial charge is 0.345 e. The summed E-state index contributed by atoms with van der Waals surface area (Å²) < 4.78 is 14.1. The van der Waals surface area contributed by atoms with Gasteiger partial charge in [0.05, 0.1) is 17.9 Å². The minimum atomic E-state index is -0.431. The van der Waals surface area contributed by atoms with Crippen LogP contribution < -0.4 is 10.9 Å². The Hall–Kier alpha value is -3.35. The van der Waals surface area contributed by atoms with E-state index in [0.29, 0.717) is 5.69 Å². The van der Waals surface area contributed by atoms with Crippen LogP contribution in [0, 0.1) is 12.7 Å². The molecule has 0 fully saturated rings. The lowest BCUT2D eigenvalue weighted by Gasteiger charge is -2.08. The number of rotatable bonds is 4. The molecule has 1 N–H and O–H groups in total. The highest BCUT2D eigenvalue weighted by molar-refractivity contribution is 5.91. The smallest absolute Gasteiger partial charge is 0.272 e. The monoisotopic (exact) mass is 338 g/mol. The Morgan fingerprint density at radius 1 is 1.12 bits per heavy atom. The molecule has 3 aromatic rings. The molecule has 0 atom stereocenters. The van der Waals surface area contributed by atoms with E-state index in [1.165, 1.54) is 36.4 Å². The van der Waals surface area contributed by atoms with Crippen molar-refractivity contribution >= 4 is 5.91 Å². The molecule has 0 saturated heterocycles. The van der Waals surface area contributed by atoms with Gasteiger partial charge in [0.1, 0.15) is 11.5 Å². The molecule has 0 bridgehead atoms. The van der Waals surface area contributed by atoms with Crippen LogP contribution in [0.4, 0.5) is 4.39 Å². The average Bonchev–Trinajstić information content (AvgIpc) is 2.61. The van der Waals surface area contributed by atoms with E-state index in [4.69, 9.17) is 0 Å². The first kappa shape index (κ1) is 16.5. The summed E-state index contributed by atoms with van der Waals surface area (Å²) in [6.45, 7) is 2.11. The molecule has 0 aliphatic heterocycles. The number of amides is 1. The van der Waals surface area contributed by atoms with Crippen molar-refractivity contribution in [2.24, 2.45) is 0 Å². The first-order valence-corrected chi connectivity index (χ1v) is 7.60. The molecule has 6 nitrogen and oxygen atoms in total. The van der Waals surface area contributed by atoms with Crippen molar-refractivity contribution in [2.75, 3.05) is 0 Å². The fourth-order valence-corrected chi connectivity index (χ4v) is 2.26. The van der Waals surface area contributed by atoms with Gasteiger partial charge in [-0.2, -0.15) is 9.78 Å². The molecule has 3 rings (SSSR count). The lowest BCUT2D eigenvalue weighted by Crippen LogP contribution is -2.28. The van der Waals surface area contributed by atoms with Crippen LogP contribution in [0.25, 0.3) is 5.69 Å². The number of nitrogens with zero attached hydrogens (tertiary/aromatic N) is 3. The maximum Gasteiger partial charge on any atom is 0.272 e. The van der Waals surface area contributed by atoms with Crippen molar-refractivity contribution < 1.29 is 9.18 Å². The van der Waals surface area contributed by atoms with E-state index in [1.54, 1.807) is 6.07 Å². The number of nitrogens with one attached hydrogen (secondary N) is 1. The Bertz CT molecular complexity index is 967. The number of aryl methyl sites for hydroxylation is 1. The summed E-state index contributed by atoms with van der Waals surface area (Å²) in [5.41, 5.74) is 1.62. The molecule has 126 valence electrons. The molecule has 1 amide bonds. The summed E-state index contributed by atoms with van der Waals surface area (Å²) >= 11 is 0. The van der Waals surface area contributed by atoms with Gasteiger partial charge in [-0.05, 0) is 49.4 Å². The first-order chi connectivity index (χ1) is 12.0. The van der Waals surface area contributed by atoms with Gasteiger partial charge in [-0.25, -0.2) is 4.39 Å². The van der Waals surface area contributed by atoms with Crippen molar-refractivity contribution in [2.45, 2.75) is 13.5 Å².